The van der Waals surface area contributed by atoms with Crippen molar-refractivity contribution in [3.8, 4) is 0 Å². The van der Waals surface area contributed by atoms with Crippen LogP contribution >= 0.6 is 0 Å². The molecule has 0 aliphatic carbocycles. The molecule has 2 rings (SSSR count). The van der Waals surface area contributed by atoms with Crippen molar-refractivity contribution in [1.82, 2.24) is 0 Å². The molecule has 13 N–H and O–H groups in total. The maximum Gasteiger partial charge on any atom is 0.320 e. The molecule has 2 heterocycles. The lowest BCUT2D eigenvalue weighted by atomic mass is 9.97. The third-order valence-corrected chi connectivity index (χ3v) is 5.27. The molecule has 2 saturated heterocycles. The van der Waals surface area contributed by atoms with Crippen LogP contribution in [0, 0.1) is 0 Å². The van der Waals surface area contributed by atoms with Gasteiger partial charge in [0.05, 0.1) is 13.2 Å². The van der Waals surface area contributed by atoms with Gasteiger partial charge in [-0.2, -0.15) is 0 Å². The molecule has 15 heteroatoms. The zero-order valence-corrected chi connectivity index (χ0v) is 17.9. The highest BCUT2D eigenvalue weighted by molar-refractivity contribution is 5.72. The second kappa shape index (κ2) is 14.4. The van der Waals surface area contributed by atoms with Gasteiger partial charge in [0.25, 0.3) is 0 Å². The van der Waals surface area contributed by atoms with Crippen molar-refractivity contribution in [2.45, 2.75) is 86.7 Å². The van der Waals surface area contributed by atoms with Gasteiger partial charge in [-0.3, -0.25) is 4.79 Å². The van der Waals surface area contributed by atoms with Crippen molar-refractivity contribution in [2.24, 2.45) is 11.5 Å². The maximum absolute atomic E-state index is 10.1. The van der Waals surface area contributed by atoms with Gasteiger partial charge in [-0.1, -0.05) is 6.42 Å². The second-order valence-electron chi connectivity index (χ2n) is 7.76. The van der Waals surface area contributed by atoms with Crippen molar-refractivity contribution >= 4 is 5.97 Å². The number of hydrogen-bond donors (Lipinski definition) is 11. The minimum Gasteiger partial charge on any atom is -0.480 e. The fourth-order valence-electron chi connectivity index (χ4n) is 3.20. The number of hydrogen-bond acceptors (Lipinski definition) is 14. The Kier molecular flexibility index (Phi) is 13.1. The van der Waals surface area contributed by atoms with Gasteiger partial charge in [-0.05, 0) is 19.4 Å². The number of carboxylic acids is 1. The highest BCUT2D eigenvalue weighted by atomic mass is 16.7. The van der Waals surface area contributed by atoms with E-state index in [1.807, 2.05) is 0 Å². The van der Waals surface area contributed by atoms with Gasteiger partial charge in [0.2, 0.25) is 0 Å². The monoisotopic (exact) mass is 488 g/mol. The normalized spacial score (nSPS) is 39.9. The molecule has 0 aromatic carbocycles. The van der Waals surface area contributed by atoms with Crippen LogP contribution in [0.15, 0.2) is 0 Å². The van der Waals surface area contributed by atoms with Crippen LogP contribution in [0.5, 0.6) is 0 Å². The summed E-state index contributed by atoms with van der Waals surface area (Å²) in [4.78, 5) is 10.1. The Labute approximate surface area is 189 Å². The standard InChI is InChI=1S/C12H22O11.C6H14N2O2/c13-1-3-5(15)6(16)9(19)12(22-3)23-10-4(2-14)21-11(20)8(18)7(10)17;7-4-2-1-3-5(8)6(9)10/h3-20H,1-2H2;5H,1-4,7-8H2,(H,9,10)/t3-,4-,5+,6+,7-,8-,9-,10-,11-,12+;/m1./s1. The largest absolute Gasteiger partial charge is 0.480 e. The number of aliphatic hydroxyl groups excluding tert-OH is 8. The van der Waals surface area contributed by atoms with Crippen molar-refractivity contribution < 1.29 is 65.0 Å². The first-order valence-electron chi connectivity index (χ1n) is 10.4. The van der Waals surface area contributed by atoms with Gasteiger partial charge in [0.1, 0.15) is 54.9 Å². The molecule has 0 aromatic rings. The predicted molar refractivity (Wildman–Crippen MR) is 107 cm³/mol. The fraction of sp³-hybridized carbons (Fsp3) is 0.944. The average molecular weight is 488 g/mol. The van der Waals surface area contributed by atoms with E-state index in [2.05, 4.69) is 0 Å². The van der Waals surface area contributed by atoms with Crippen LogP contribution in [0.3, 0.4) is 0 Å². The molecule has 15 nitrogen and oxygen atoms in total. The molecule has 196 valence electrons. The highest BCUT2D eigenvalue weighted by Gasteiger charge is 2.50. The van der Waals surface area contributed by atoms with E-state index in [0.29, 0.717) is 13.0 Å². The van der Waals surface area contributed by atoms with Crippen LogP contribution < -0.4 is 11.5 Å². The zero-order valence-electron chi connectivity index (χ0n) is 17.9. The molecule has 33 heavy (non-hydrogen) atoms. The lowest BCUT2D eigenvalue weighted by molar-refractivity contribution is -0.355. The Balaban J connectivity index is 0.000000461. The summed E-state index contributed by atoms with van der Waals surface area (Å²) in [6.07, 6.45) is -13.4. The molecule has 0 bridgehead atoms. The van der Waals surface area contributed by atoms with Gasteiger partial charge < -0.3 is 71.6 Å². The minimum atomic E-state index is -1.74. The van der Waals surface area contributed by atoms with E-state index in [1.165, 1.54) is 0 Å². The Hall–Kier alpha value is -1.05. The molecular formula is C18H36N2O13. The number of nitrogens with two attached hydrogens (primary N) is 2. The Morgan fingerprint density at radius 2 is 1.45 bits per heavy atom. The summed E-state index contributed by atoms with van der Waals surface area (Å²) in [6.45, 7) is -0.742. The maximum atomic E-state index is 10.1. The molecule has 2 aliphatic heterocycles. The summed E-state index contributed by atoms with van der Waals surface area (Å²) < 4.78 is 15.3. The van der Waals surface area contributed by atoms with Gasteiger partial charge in [0.15, 0.2) is 12.6 Å². The number of carbonyl (C=O) groups is 1. The van der Waals surface area contributed by atoms with E-state index < -0.39 is 86.6 Å². The molecule has 0 aromatic heterocycles. The van der Waals surface area contributed by atoms with Crippen LogP contribution in [-0.2, 0) is 19.0 Å². The van der Waals surface area contributed by atoms with Crippen LogP contribution in [0.25, 0.3) is 0 Å². The Morgan fingerprint density at radius 1 is 0.848 bits per heavy atom. The van der Waals surface area contributed by atoms with Crippen LogP contribution in [-0.4, -0.2) is 139 Å². The van der Waals surface area contributed by atoms with E-state index in [1.54, 1.807) is 0 Å². The highest BCUT2D eigenvalue weighted by Crippen LogP contribution is 2.28. The van der Waals surface area contributed by atoms with Crippen molar-refractivity contribution in [3.05, 3.63) is 0 Å². The van der Waals surface area contributed by atoms with Gasteiger partial charge in [-0.25, -0.2) is 0 Å². The Morgan fingerprint density at radius 3 is 1.97 bits per heavy atom. The van der Waals surface area contributed by atoms with Crippen molar-refractivity contribution in [1.29, 1.82) is 0 Å². The first kappa shape index (κ1) is 30.0. The Bertz CT molecular complexity index is 569. The summed E-state index contributed by atoms with van der Waals surface area (Å²) in [5.41, 5.74) is 10.4. The molecule has 1 unspecified atom stereocenters. The molecular weight excluding hydrogens is 452 g/mol. The summed E-state index contributed by atoms with van der Waals surface area (Å²) in [6, 6.07) is -0.716. The van der Waals surface area contributed by atoms with E-state index in [4.69, 9.17) is 35.9 Å². The van der Waals surface area contributed by atoms with Crippen LogP contribution in [0.4, 0.5) is 0 Å². The topological polar surface area (TPSA) is 279 Å². The number of carboxylic acid groups (broad SMARTS) is 1. The molecule has 2 fully saturated rings. The lowest BCUT2D eigenvalue weighted by Gasteiger charge is -2.45. The predicted octanol–water partition coefficient (Wildman–Crippen LogP) is -5.87. The van der Waals surface area contributed by atoms with Gasteiger partial charge >= 0.3 is 5.97 Å². The quantitative estimate of drug-likeness (QED) is 0.135. The van der Waals surface area contributed by atoms with Gasteiger partial charge in [0, 0.05) is 0 Å². The summed E-state index contributed by atoms with van der Waals surface area (Å²) in [5.74, 6) is -0.933. The minimum absolute atomic E-state index is 0.520. The molecule has 11 atom stereocenters. The van der Waals surface area contributed by atoms with Crippen LogP contribution in [0.1, 0.15) is 19.3 Å². The summed E-state index contributed by atoms with van der Waals surface area (Å²) in [5, 5.41) is 84.8. The third-order valence-electron chi connectivity index (χ3n) is 5.27. The average Bonchev–Trinajstić information content (AvgIpc) is 2.79. The van der Waals surface area contributed by atoms with Crippen molar-refractivity contribution in [3.63, 3.8) is 0 Å². The van der Waals surface area contributed by atoms with E-state index in [-0.39, 0.29) is 0 Å². The SMILES string of the molecule is NCCCCC(N)C(=O)O.OC[C@H]1O[C@@H](O[C@H]2[C@H](O)[C@@H](O)[C@H](O)O[C@@H]2CO)[C@H](O)[C@@H](O)[C@H]1O. The fourth-order valence-corrected chi connectivity index (χ4v) is 3.20. The van der Waals surface area contributed by atoms with E-state index >= 15 is 0 Å². The molecule has 0 radical (unpaired) electrons. The van der Waals surface area contributed by atoms with Gasteiger partial charge in [-0.15, -0.1) is 0 Å². The summed E-state index contributed by atoms with van der Waals surface area (Å²) >= 11 is 0. The molecule has 0 amide bonds. The number of rotatable bonds is 9. The number of aliphatic hydroxyl groups is 8. The third kappa shape index (κ3) is 8.29. The van der Waals surface area contributed by atoms with E-state index in [9.17, 15) is 40.5 Å². The second-order valence-corrected chi connectivity index (χ2v) is 7.76. The molecule has 2 aliphatic rings. The zero-order chi connectivity index (χ0) is 25.3. The number of aliphatic carboxylic acids is 1. The van der Waals surface area contributed by atoms with Crippen molar-refractivity contribution in [2.75, 3.05) is 19.8 Å². The molecule has 0 saturated carbocycles. The molecule has 0 spiro atoms. The first-order valence-corrected chi connectivity index (χ1v) is 10.4. The summed E-state index contributed by atoms with van der Waals surface area (Å²) in [7, 11) is 0. The first-order chi connectivity index (χ1) is 15.5. The number of unbranched alkanes of at least 4 members (excludes halogenated alkanes) is 1. The van der Waals surface area contributed by atoms with E-state index in [0.717, 1.165) is 12.8 Å². The lowest BCUT2D eigenvalue weighted by Crippen LogP contribution is -2.64. The number of ether oxygens (including phenoxy) is 3. The van der Waals surface area contributed by atoms with Crippen LogP contribution in [0.2, 0.25) is 0 Å². The smallest absolute Gasteiger partial charge is 0.320 e.